The molecule has 7 nitrogen and oxygen atoms in total. The first-order chi connectivity index (χ1) is 17.9. The van der Waals surface area contributed by atoms with Gasteiger partial charge in [-0.05, 0) is 82.4 Å². The summed E-state index contributed by atoms with van der Waals surface area (Å²) in [4.78, 5) is 35.4. The largest absolute Gasteiger partial charge is 0.351 e. The van der Waals surface area contributed by atoms with Crippen LogP contribution in [0.2, 0.25) is 5.02 Å². The van der Waals surface area contributed by atoms with E-state index in [0.29, 0.717) is 38.5 Å². The fraction of sp³-hybridized carbons (Fsp3) is 0.464. The molecule has 2 N–H and O–H groups in total. The number of terminal acetylenes is 1. The SMILES string of the molecule is C#C.NC(=O)N1CCC(CC(=O)N2CCN([C@@H]3c4ccc(Cl)cc4CCc4cc(Br)cnc43)CC2)CC1. The van der Waals surface area contributed by atoms with Crippen molar-refractivity contribution in [3.8, 4) is 12.8 Å². The van der Waals surface area contributed by atoms with Gasteiger partial charge in [-0.15, -0.1) is 12.8 Å². The van der Waals surface area contributed by atoms with Crippen molar-refractivity contribution in [3.05, 3.63) is 62.3 Å². The number of hydrogen-bond acceptors (Lipinski definition) is 4. The maximum atomic E-state index is 13.1. The number of primary amides is 1. The summed E-state index contributed by atoms with van der Waals surface area (Å²) >= 11 is 9.94. The van der Waals surface area contributed by atoms with E-state index in [-0.39, 0.29) is 18.0 Å². The number of piperidine rings is 1. The van der Waals surface area contributed by atoms with Crippen LogP contribution in [0.1, 0.15) is 47.7 Å². The van der Waals surface area contributed by atoms with Gasteiger partial charge in [0.2, 0.25) is 5.91 Å². The molecule has 2 fully saturated rings. The number of urea groups is 1. The smallest absolute Gasteiger partial charge is 0.314 e. The van der Waals surface area contributed by atoms with E-state index in [1.54, 1.807) is 4.90 Å². The standard InChI is InChI=1S/C26H31BrClN5O2.C2H2/c27-20-14-19-2-1-18-15-21(28)3-4-22(18)25(24(19)30-16-20)32-11-9-31(10-12-32)23(34)13-17-5-7-33(8-6-17)26(29)35;1-2/h3-4,14-17,25H,1-2,5-13H2,(H2,29,35);1-2H/t25-;/m1./s1. The fourth-order valence-corrected chi connectivity index (χ4v) is 6.32. The van der Waals surface area contributed by atoms with Crippen molar-refractivity contribution >= 4 is 39.5 Å². The van der Waals surface area contributed by atoms with Crippen LogP contribution in [-0.4, -0.2) is 70.9 Å². The van der Waals surface area contributed by atoms with Crippen LogP contribution in [0.5, 0.6) is 0 Å². The van der Waals surface area contributed by atoms with Crippen molar-refractivity contribution in [2.75, 3.05) is 39.3 Å². The minimum Gasteiger partial charge on any atom is -0.351 e. The summed E-state index contributed by atoms with van der Waals surface area (Å²) < 4.78 is 0.996. The number of pyridine rings is 1. The summed E-state index contributed by atoms with van der Waals surface area (Å²) in [5, 5.41) is 0.764. The second kappa shape index (κ2) is 12.3. The van der Waals surface area contributed by atoms with Crippen LogP contribution in [0.3, 0.4) is 0 Å². The molecule has 9 heteroatoms. The average molecular weight is 587 g/mol. The van der Waals surface area contributed by atoms with Crippen molar-refractivity contribution < 1.29 is 9.59 Å². The molecule has 1 aromatic heterocycles. The van der Waals surface area contributed by atoms with Crippen LogP contribution in [0.25, 0.3) is 0 Å². The summed E-state index contributed by atoms with van der Waals surface area (Å²) in [5.74, 6) is 0.543. The zero-order valence-corrected chi connectivity index (χ0v) is 23.3. The molecule has 0 unspecified atom stereocenters. The topological polar surface area (TPSA) is 82.8 Å². The Morgan fingerprint density at radius 2 is 1.68 bits per heavy atom. The molecular formula is C28H33BrClN5O2. The molecule has 1 atom stereocenters. The van der Waals surface area contributed by atoms with Crippen LogP contribution in [0.4, 0.5) is 4.79 Å². The predicted octanol–water partition coefficient (Wildman–Crippen LogP) is 4.26. The molecule has 3 aliphatic rings. The molecule has 3 heterocycles. The van der Waals surface area contributed by atoms with Gasteiger partial charge in [0.25, 0.3) is 0 Å². The van der Waals surface area contributed by atoms with Gasteiger partial charge in [-0.2, -0.15) is 0 Å². The van der Waals surface area contributed by atoms with Gasteiger partial charge in [-0.25, -0.2) is 4.79 Å². The number of amides is 3. The highest BCUT2D eigenvalue weighted by molar-refractivity contribution is 9.10. The number of halogens is 2. The van der Waals surface area contributed by atoms with E-state index in [2.05, 4.69) is 51.9 Å². The van der Waals surface area contributed by atoms with Crippen LogP contribution in [0, 0.1) is 18.8 Å². The predicted molar refractivity (Wildman–Crippen MR) is 149 cm³/mol. The zero-order valence-electron chi connectivity index (χ0n) is 20.9. The fourth-order valence-electron chi connectivity index (χ4n) is 5.75. The van der Waals surface area contributed by atoms with Crippen molar-refractivity contribution in [1.82, 2.24) is 19.7 Å². The number of aromatic nitrogens is 1. The van der Waals surface area contributed by atoms with E-state index in [9.17, 15) is 9.59 Å². The molecule has 1 aromatic carbocycles. The molecule has 0 spiro atoms. The molecule has 3 amide bonds. The molecule has 2 saturated heterocycles. The van der Waals surface area contributed by atoms with Gasteiger partial charge < -0.3 is 15.5 Å². The van der Waals surface area contributed by atoms with E-state index in [1.807, 2.05) is 17.2 Å². The van der Waals surface area contributed by atoms with E-state index in [1.165, 1.54) is 16.7 Å². The number of carbonyl (C=O) groups is 2. The molecule has 0 bridgehead atoms. The van der Waals surface area contributed by atoms with Gasteiger partial charge in [0, 0.05) is 61.4 Å². The molecular weight excluding hydrogens is 554 g/mol. The third-order valence-electron chi connectivity index (χ3n) is 7.71. The van der Waals surface area contributed by atoms with E-state index >= 15 is 0 Å². The van der Waals surface area contributed by atoms with Gasteiger partial charge in [0.05, 0.1) is 11.7 Å². The monoisotopic (exact) mass is 585 g/mol. The normalized spacial score (nSPS) is 20.2. The first kappa shape index (κ1) is 27.4. The van der Waals surface area contributed by atoms with Gasteiger partial charge in [0.1, 0.15) is 0 Å². The summed E-state index contributed by atoms with van der Waals surface area (Å²) in [5.41, 5.74) is 10.3. The highest BCUT2D eigenvalue weighted by Gasteiger charge is 2.34. The number of nitrogens with two attached hydrogens (primary N) is 1. The number of benzene rings is 1. The van der Waals surface area contributed by atoms with Gasteiger partial charge in [-0.3, -0.25) is 14.7 Å². The third-order valence-corrected chi connectivity index (χ3v) is 8.38. The number of nitrogens with zero attached hydrogens (tertiary/aromatic N) is 4. The second-order valence-electron chi connectivity index (χ2n) is 9.83. The minimum absolute atomic E-state index is 0.0586. The van der Waals surface area contributed by atoms with E-state index < -0.39 is 0 Å². The second-order valence-corrected chi connectivity index (χ2v) is 11.2. The van der Waals surface area contributed by atoms with Crippen molar-refractivity contribution in [3.63, 3.8) is 0 Å². The van der Waals surface area contributed by atoms with Crippen LogP contribution < -0.4 is 5.73 Å². The number of piperazine rings is 1. The highest BCUT2D eigenvalue weighted by Crippen LogP contribution is 2.38. The molecule has 0 saturated carbocycles. The Morgan fingerprint density at radius 1 is 1.00 bits per heavy atom. The maximum absolute atomic E-state index is 13.1. The summed E-state index contributed by atoms with van der Waals surface area (Å²) in [6, 6.07) is 8.10. The number of fused-ring (bicyclic) bond motifs is 2. The highest BCUT2D eigenvalue weighted by atomic mass is 79.9. The molecule has 196 valence electrons. The maximum Gasteiger partial charge on any atom is 0.314 e. The molecule has 0 radical (unpaired) electrons. The number of carbonyl (C=O) groups excluding carboxylic acids is 2. The number of aryl methyl sites for hydroxylation is 2. The summed E-state index contributed by atoms with van der Waals surface area (Å²) in [6.45, 7) is 4.32. The van der Waals surface area contributed by atoms with Gasteiger partial charge in [0.15, 0.2) is 0 Å². The van der Waals surface area contributed by atoms with E-state index in [0.717, 1.165) is 54.0 Å². The van der Waals surface area contributed by atoms with Crippen molar-refractivity contribution in [2.45, 2.75) is 38.1 Å². The Hall–Kier alpha value is -2.60. The van der Waals surface area contributed by atoms with Crippen molar-refractivity contribution in [1.29, 1.82) is 0 Å². The Balaban J connectivity index is 0.00000156. The van der Waals surface area contributed by atoms with Crippen LogP contribution in [0.15, 0.2) is 34.9 Å². The van der Waals surface area contributed by atoms with Crippen molar-refractivity contribution in [2.24, 2.45) is 11.7 Å². The molecule has 5 rings (SSSR count). The Kier molecular flexibility index (Phi) is 9.12. The van der Waals surface area contributed by atoms with Gasteiger partial charge >= 0.3 is 6.03 Å². The summed E-state index contributed by atoms with van der Waals surface area (Å²) in [7, 11) is 0. The first-order valence-electron chi connectivity index (χ1n) is 12.7. The lowest BCUT2D eigenvalue weighted by atomic mass is 9.93. The van der Waals surface area contributed by atoms with Crippen LogP contribution >= 0.6 is 27.5 Å². The number of hydrogen-bond donors (Lipinski definition) is 1. The zero-order chi connectivity index (χ0) is 26.5. The van der Waals surface area contributed by atoms with Crippen LogP contribution in [-0.2, 0) is 17.6 Å². The summed E-state index contributed by atoms with van der Waals surface area (Å²) in [6.07, 6.45) is 14.0. The third kappa shape index (κ3) is 6.28. The molecule has 2 aromatic rings. The molecule has 2 aliphatic heterocycles. The minimum atomic E-state index is -0.364. The molecule has 1 aliphatic carbocycles. The van der Waals surface area contributed by atoms with Gasteiger partial charge in [-0.1, -0.05) is 17.7 Å². The first-order valence-corrected chi connectivity index (χ1v) is 13.9. The average Bonchev–Trinajstić information content (AvgIpc) is 3.06. The lowest BCUT2D eigenvalue weighted by Crippen LogP contribution is -2.50. The van der Waals surface area contributed by atoms with E-state index in [4.69, 9.17) is 22.3 Å². The lowest BCUT2D eigenvalue weighted by molar-refractivity contribution is -0.134. The lowest BCUT2D eigenvalue weighted by Gasteiger charge is -2.40. The quantitative estimate of drug-likeness (QED) is 0.545. The Bertz CT molecular complexity index is 1100. The number of rotatable bonds is 3. The Labute approximate surface area is 232 Å². The molecule has 37 heavy (non-hydrogen) atoms. The number of likely N-dealkylation sites (tertiary alicyclic amines) is 1. The Morgan fingerprint density at radius 3 is 2.35 bits per heavy atom.